The number of carboxylic acids is 1. The zero-order chi connectivity index (χ0) is 28.3. The van der Waals surface area contributed by atoms with Gasteiger partial charge < -0.3 is 0 Å². The summed E-state index contributed by atoms with van der Waals surface area (Å²) in [6, 6.07) is 12.0. The summed E-state index contributed by atoms with van der Waals surface area (Å²) in [4.78, 5) is 19.8. The molecular formula is C29H25ClFIN3O5S-. The summed E-state index contributed by atoms with van der Waals surface area (Å²) < 4.78 is 35.4. The van der Waals surface area contributed by atoms with Crippen LogP contribution in [-0.2, 0) is 17.1 Å². The first kappa shape index (κ1) is 27.1. The van der Waals surface area contributed by atoms with Crippen molar-refractivity contribution >= 4 is 44.8 Å². The molecule has 0 amide bonds. The first-order chi connectivity index (χ1) is 19.8. The first-order valence-corrected chi connectivity index (χ1v) is 16.6. The predicted octanol–water partition coefficient (Wildman–Crippen LogP) is 3.12. The molecule has 1 saturated heterocycles. The van der Waals surface area contributed by atoms with Gasteiger partial charge in [0.15, 0.2) is 0 Å². The second-order valence-electron chi connectivity index (χ2n) is 10.2. The minimum atomic E-state index is -1.30. The van der Waals surface area contributed by atoms with E-state index in [0.717, 1.165) is 59.8 Å². The fraction of sp³-hybridized carbons (Fsp3) is 0.310. The molecule has 5 heterocycles. The Hall–Kier alpha value is -2.71. The van der Waals surface area contributed by atoms with Crippen LogP contribution >= 0.6 is 22.9 Å². The Kier molecular flexibility index (Phi) is 6.97. The number of hydrogen-bond acceptors (Lipinski definition) is 7. The maximum atomic E-state index is 14.8. The molecule has 2 aromatic heterocycles. The van der Waals surface area contributed by atoms with E-state index in [9.17, 15) is 14.3 Å². The van der Waals surface area contributed by atoms with Crippen LogP contribution in [0.5, 0.6) is 11.5 Å². The van der Waals surface area contributed by atoms with E-state index >= 15 is 0 Å². The number of carboxylic acid groups (broad SMARTS) is 1. The average molecular weight is 709 g/mol. The van der Waals surface area contributed by atoms with Crippen molar-refractivity contribution in [3.63, 3.8) is 0 Å². The molecule has 0 unspecified atom stereocenters. The summed E-state index contributed by atoms with van der Waals surface area (Å²) in [5.41, 5.74) is 3.27. The van der Waals surface area contributed by atoms with Crippen molar-refractivity contribution in [3.05, 3.63) is 81.2 Å². The molecule has 0 bridgehead atoms. The molecule has 7 rings (SSSR count). The van der Waals surface area contributed by atoms with Crippen molar-refractivity contribution in [1.82, 2.24) is 12.7 Å². The van der Waals surface area contributed by atoms with E-state index in [-0.39, 0.29) is 9.67 Å². The predicted molar refractivity (Wildman–Crippen MR) is 149 cm³/mol. The normalized spacial score (nSPS) is 22.2. The quantitative estimate of drug-likeness (QED) is 0.234. The van der Waals surface area contributed by atoms with Gasteiger partial charge in [-0.05, 0) is 18.2 Å². The van der Waals surface area contributed by atoms with Crippen LogP contribution in [0.1, 0.15) is 46.4 Å². The first-order valence-electron chi connectivity index (χ1n) is 13.2. The number of thiophene rings is 1. The standard InChI is InChI=1S/C29H25ClFIN3O5S/c1-29(19-6-5-17(30)13-20(19)31)39-22-4-2-3-18(26(22)40-29)16-7-10-34(11-8-16)15-25-33-27-21(14-23(41-27)28(36)37)35(25)32-24-9-12-38-24/h2-7,13-14,24H,8-12,15H2,1H3,(H,36,37)/q-1/t24-,29+/m0/s1. The van der Waals surface area contributed by atoms with Gasteiger partial charge in [-0.1, -0.05) is 11.6 Å². The van der Waals surface area contributed by atoms with Crippen molar-refractivity contribution in [3.8, 4) is 11.5 Å². The zero-order valence-corrected chi connectivity index (χ0v) is 25.6. The second-order valence-corrected chi connectivity index (χ2v) is 14.6. The molecule has 2 aromatic carbocycles. The molecule has 8 nitrogen and oxygen atoms in total. The van der Waals surface area contributed by atoms with Gasteiger partial charge >= 0.3 is 211 Å². The van der Waals surface area contributed by atoms with E-state index in [1.54, 1.807) is 25.1 Å². The number of imidazole rings is 1. The zero-order valence-electron chi connectivity index (χ0n) is 21.9. The van der Waals surface area contributed by atoms with E-state index in [1.165, 1.54) is 17.4 Å². The monoisotopic (exact) mass is 708 g/mol. The van der Waals surface area contributed by atoms with Gasteiger partial charge in [0, 0.05) is 5.02 Å². The molecular weight excluding hydrogens is 684 g/mol. The Labute approximate surface area is 254 Å². The minimum absolute atomic E-state index is 0.236. The SMILES string of the molecule is C[C@@]1(c2ccc(Cl)cc2F)Oc2cccc(C3=CCN(Cc4nc5sc(C(=O)O)cc5n4[I-][C@@H]4CCO4)CC3)c2O1. The molecule has 3 aliphatic heterocycles. The van der Waals surface area contributed by atoms with E-state index in [1.807, 2.05) is 18.2 Å². The van der Waals surface area contributed by atoms with Gasteiger partial charge in [-0.2, -0.15) is 0 Å². The van der Waals surface area contributed by atoms with Crippen LogP contribution in [0.4, 0.5) is 4.39 Å². The third-order valence-electron chi connectivity index (χ3n) is 7.43. The number of rotatable bonds is 7. The van der Waals surface area contributed by atoms with Crippen LogP contribution < -0.4 is 31.0 Å². The molecule has 3 aliphatic rings. The van der Waals surface area contributed by atoms with E-state index in [4.69, 9.17) is 30.8 Å². The molecule has 1 N–H and O–H groups in total. The molecule has 0 saturated carbocycles. The van der Waals surface area contributed by atoms with E-state index in [0.29, 0.717) is 27.9 Å². The molecule has 214 valence electrons. The third-order valence-corrected chi connectivity index (χ3v) is 11.9. The van der Waals surface area contributed by atoms with Crippen molar-refractivity contribution in [1.29, 1.82) is 0 Å². The van der Waals surface area contributed by atoms with Gasteiger partial charge in [0.2, 0.25) is 0 Å². The third kappa shape index (κ3) is 5.01. The van der Waals surface area contributed by atoms with Crippen LogP contribution in [0.3, 0.4) is 0 Å². The molecule has 1 fully saturated rings. The molecule has 41 heavy (non-hydrogen) atoms. The van der Waals surface area contributed by atoms with Gasteiger partial charge in [-0.25, -0.2) is 4.39 Å². The fourth-order valence-electron chi connectivity index (χ4n) is 5.24. The number of hydrogen-bond donors (Lipinski definition) is 1. The number of nitrogens with zero attached hydrogens (tertiary/aromatic N) is 3. The molecule has 12 heteroatoms. The second kappa shape index (κ2) is 10.5. The van der Waals surface area contributed by atoms with Crippen molar-refractivity contribution < 1.29 is 50.0 Å². The topological polar surface area (TPSA) is 86.1 Å². The summed E-state index contributed by atoms with van der Waals surface area (Å²) in [6.07, 6.45) is 4.03. The van der Waals surface area contributed by atoms with E-state index < -0.39 is 39.1 Å². The number of alkyl halides is 1. The molecule has 2 atom stereocenters. The number of benzene rings is 2. The number of halogens is 3. The van der Waals surface area contributed by atoms with Gasteiger partial charge in [0.25, 0.3) is 0 Å². The van der Waals surface area contributed by atoms with Crippen molar-refractivity contribution in [2.24, 2.45) is 0 Å². The molecule has 0 spiro atoms. The average Bonchev–Trinajstić information content (AvgIpc) is 3.57. The van der Waals surface area contributed by atoms with Gasteiger partial charge in [-0.15, -0.1) is 0 Å². The number of aromatic carboxylic acids is 1. The summed E-state index contributed by atoms with van der Waals surface area (Å²) in [6.45, 7) is 4.71. The fourth-order valence-corrected chi connectivity index (χ4v) is 9.26. The van der Waals surface area contributed by atoms with Gasteiger partial charge in [-0.3, -0.25) is 0 Å². The Morgan fingerprint density at radius 2 is 2.15 bits per heavy atom. The summed E-state index contributed by atoms with van der Waals surface area (Å²) in [5.74, 6) is -0.557. The van der Waals surface area contributed by atoms with Gasteiger partial charge in [0.05, 0.1) is 0 Å². The van der Waals surface area contributed by atoms with Crippen molar-refractivity contribution in [2.45, 2.75) is 36.2 Å². The Balaban J connectivity index is 1.11. The van der Waals surface area contributed by atoms with Gasteiger partial charge in [0.1, 0.15) is 5.82 Å². The number of fused-ring (bicyclic) bond motifs is 2. The van der Waals surface area contributed by atoms with Crippen LogP contribution in [0.25, 0.3) is 15.9 Å². The number of aromatic nitrogens is 2. The van der Waals surface area contributed by atoms with Crippen LogP contribution in [0.15, 0.2) is 48.5 Å². The van der Waals surface area contributed by atoms with Crippen LogP contribution in [0, 0.1) is 5.82 Å². The summed E-state index contributed by atoms with van der Waals surface area (Å²) in [7, 11) is 0. The van der Waals surface area contributed by atoms with Crippen LogP contribution in [-0.4, -0.2) is 47.5 Å². The number of ether oxygens (including phenoxy) is 3. The number of carbonyl (C=O) groups is 1. The van der Waals surface area contributed by atoms with E-state index in [2.05, 4.69) is 13.8 Å². The Morgan fingerprint density at radius 3 is 2.85 bits per heavy atom. The molecule has 0 radical (unpaired) electrons. The maximum absolute atomic E-state index is 14.8. The van der Waals surface area contributed by atoms with Crippen molar-refractivity contribution in [2.75, 3.05) is 19.7 Å². The Morgan fingerprint density at radius 1 is 1.29 bits per heavy atom. The molecule has 0 aliphatic carbocycles. The number of para-hydroxylation sites is 1. The summed E-state index contributed by atoms with van der Waals surface area (Å²) in [5, 5.41) is 9.77. The molecule has 4 aromatic rings. The van der Waals surface area contributed by atoms with Crippen LogP contribution in [0.2, 0.25) is 5.02 Å². The Bertz CT molecular complexity index is 1720. The summed E-state index contributed by atoms with van der Waals surface area (Å²) >= 11 is 6.66.